The van der Waals surface area contributed by atoms with Crippen LogP contribution in [0.1, 0.15) is 11.1 Å². The zero-order valence-corrected chi connectivity index (χ0v) is 28.5. The van der Waals surface area contributed by atoms with E-state index in [4.69, 9.17) is 9.97 Å². The Hall–Kier alpha value is -4.14. The van der Waals surface area contributed by atoms with Crippen molar-refractivity contribution in [3.63, 3.8) is 0 Å². The summed E-state index contributed by atoms with van der Waals surface area (Å²) in [5.41, 5.74) is 3.05. The Kier molecular flexibility index (Phi) is 7.05. The minimum absolute atomic E-state index is 0.682. The largest absolute Gasteiger partial charge is 0.416 e. The first-order chi connectivity index (χ1) is 23.5. The van der Waals surface area contributed by atoms with Crippen molar-refractivity contribution in [2.75, 3.05) is 0 Å². The minimum Gasteiger partial charge on any atom is -0.241 e. The van der Waals surface area contributed by atoms with E-state index in [1.807, 2.05) is 24.3 Å². The molecular weight excluding hydrogens is 735 g/mol. The van der Waals surface area contributed by atoms with E-state index in [2.05, 4.69) is 22.9 Å². The molecule has 0 unspecified atom stereocenters. The summed E-state index contributed by atoms with van der Waals surface area (Å²) in [5, 5.41) is 6.35. The molecule has 9 aromatic rings. The molecule has 49 heavy (non-hydrogen) atoms. The van der Waals surface area contributed by atoms with Gasteiger partial charge in [-0.05, 0) is 82.6 Å². The molecule has 0 aliphatic rings. The second kappa shape index (κ2) is 11.2. The second-order valence-electron chi connectivity index (χ2n) is 11.2. The predicted octanol–water partition coefficient (Wildman–Crippen LogP) is 14.1. The van der Waals surface area contributed by atoms with Gasteiger partial charge in [-0.1, -0.05) is 24.3 Å². The summed E-state index contributed by atoms with van der Waals surface area (Å²) in [5.74, 6) is 0. The predicted molar refractivity (Wildman–Crippen MR) is 193 cm³/mol. The molecule has 0 saturated heterocycles. The van der Waals surface area contributed by atoms with E-state index in [1.165, 1.54) is 58.3 Å². The number of aromatic nitrogens is 2. The van der Waals surface area contributed by atoms with Crippen LogP contribution in [0.5, 0.6) is 0 Å². The molecule has 0 aliphatic carbocycles. The van der Waals surface area contributed by atoms with Gasteiger partial charge in [-0.25, -0.2) is 9.97 Å². The molecule has 6 aromatic heterocycles. The molecule has 3 aromatic carbocycles. The van der Waals surface area contributed by atoms with Gasteiger partial charge >= 0.3 is 12.4 Å². The van der Waals surface area contributed by atoms with Crippen molar-refractivity contribution in [2.24, 2.45) is 0 Å². The SMILES string of the molecule is FC(F)(F)c1ccc(-c2ccc(-c3sc(-c4ccc(-c5ccc(C(F)(F)F)cc5)s4)c4nc5c(nc34)c3sccc3c3ccsc35)s2)cc1. The van der Waals surface area contributed by atoms with Gasteiger partial charge in [-0.3, -0.25) is 0 Å². The van der Waals surface area contributed by atoms with Crippen LogP contribution >= 0.6 is 56.7 Å². The van der Waals surface area contributed by atoms with Crippen LogP contribution in [-0.2, 0) is 12.4 Å². The number of thiophene rings is 5. The molecule has 13 heteroatoms. The van der Waals surface area contributed by atoms with Crippen molar-refractivity contribution < 1.29 is 26.3 Å². The van der Waals surface area contributed by atoms with Crippen molar-refractivity contribution >= 4 is 98.9 Å². The van der Waals surface area contributed by atoms with Gasteiger partial charge in [0.1, 0.15) is 22.1 Å². The Morgan fingerprint density at radius 3 is 1.18 bits per heavy atom. The number of rotatable bonds is 4. The third kappa shape index (κ3) is 5.18. The first-order valence-corrected chi connectivity index (χ1v) is 18.8. The number of nitrogens with zero attached hydrogens (tertiary/aromatic N) is 2. The molecule has 6 heterocycles. The lowest BCUT2D eigenvalue weighted by Crippen LogP contribution is -2.03. The highest BCUT2D eigenvalue weighted by Crippen LogP contribution is 2.50. The Morgan fingerprint density at radius 2 is 0.796 bits per heavy atom. The molecule has 0 spiro atoms. The number of fused-ring (bicyclic) bond motifs is 7. The summed E-state index contributed by atoms with van der Waals surface area (Å²) >= 11 is 7.72. The lowest BCUT2D eigenvalue weighted by atomic mass is 10.1. The second-order valence-corrected chi connectivity index (χ2v) is 16.2. The summed E-state index contributed by atoms with van der Waals surface area (Å²) in [4.78, 5) is 15.8. The molecular formula is C36H16F6N2S5. The number of halogens is 6. The van der Waals surface area contributed by atoms with Gasteiger partial charge in [0.25, 0.3) is 0 Å². The van der Waals surface area contributed by atoms with Gasteiger partial charge in [-0.2, -0.15) is 26.3 Å². The molecule has 2 nitrogen and oxygen atoms in total. The molecule has 0 bridgehead atoms. The number of alkyl halides is 6. The molecule has 0 atom stereocenters. The number of hydrogen-bond acceptors (Lipinski definition) is 7. The minimum atomic E-state index is -4.41. The Bertz CT molecular complexity index is 2500. The molecule has 9 rings (SSSR count). The molecule has 0 saturated carbocycles. The van der Waals surface area contributed by atoms with Crippen molar-refractivity contribution in [2.45, 2.75) is 12.4 Å². The zero-order chi connectivity index (χ0) is 33.7. The lowest BCUT2D eigenvalue weighted by Gasteiger charge is -2.06. The molecule has 0 aliphatic heterocycles. The van der Waals surface area contributed by atoms with Crippen LogP contribution in [-0.4, -0.2) is 9.97 Å². The van der Waals surface area contributed by atoms with Crippen molar-refractivity contribution in [3.8, 4) is 40.4 Å². The summed E-state index contributed by atoms with van der Waals surface area (Å²) in [6.07, 6.45) is -8.83. The third-order valence-corrected chi connectivity index (χ3v) is 13.9. The smallest absolute Gasteiger partial charge is 0.241 e. The highest BCUT2D eigenvalue weighted by atomic mass is 32.1. The summed E-state index contributed by atoms with van der Waals surface area (Å²) in [6.45, 7) is 0. The van der Waals surface area contributed by atoms with Crippen LogP contribution in [0.3, 0.4) is 0 Å². The maximum absolute atomic E-state index is 13.2. The van der Waals surface area contributed by atoms with Gasteiger partial charge < -0.3 is 0 Å². The van der Waals surface area contributed by atoms with Crippen LogP contribution in [0.4, 0.5) is 26.3 Å². The zero-order valence-electron chi connectivity index (χ0n) is 24.4. The fourth-order valence-electron chi connectivity index (χ4n) is 5.89. The maximum atomic E-state index is 13.2. The van der Waals surface area contributed by atoms with E-state index in [9.17, 15) is 26.3 Å². The van der Waals surface area contributed by atoms with Gasteiger partial charge in [0.05, 0.1) is 30.3 Å². The summed E-state index contributed by atoms with van der Waals surface area (Å²) in [7, 11) is 0. The van der Waals surface area contributed by atoms with Gasteiger partial charge in [-0.15, -0.1) is 56.7 Å². The summed E-state index contributed by atoms with van der Waals surface area (Å²) < 4.78 is 81.3. The van der Waals surface area contributed by atoms with Crippen LogP contribution in [0.15, 0.2) is 95.7 Å². The first kappa shape index (κ1) is 30.9. The molecule has 242 valence electrons. The quantitative estimate of drug-likeness (QED) is 0.167. The van der Waals surface area contributed by atoms with Gasteiger partial charge in [0.2, 0.25) is 0 Å². The van der Waals surface area contributed by atoms with Crippen LogP contribution in [0.2, 0.25) is 0 Å². The number of benzene rings is 3. The van der Waals surface area contributed by atoms with E-state index in [0.717, 1.165) is 95.8 Å². The van der Waals surface area contributed by atoms with Crippen molar-refractivity contribution in [3.05, 3.63) is 107 Å². The average molecular weight is 751 g/mol. The monoisotopic (exact) mass is 750 g/mol. The maximum Gasteiger partial charge on any atom is 0.416 e. The van der Waals surface area contributed by atoms with Crippen LogP contribution in [0, 0.1) is 0 Å². The van der Waals surface area contributed by atoms with E-state index >= 15 is 0 Å². The fraction of sp³-hybridized carbons (Fsp3) is 0.0556. The average Bonchev–Trinajstić information content (AvgIpc) is 3.91. The Labute approximate surface area is 293 Å². The van der Waals surface area contributed by atoms with E-state index in [0.29, 0.717) is 11.1 Å². The third-order valence-electron chi connectivity index (χ3n) is 8.23. The number of hydrogen-bond donors (Lipinski definition) is 0. The highest BCUT2D eigenvalue weighted by Gasteiger charge is 2.31. The molecule has 0 radical (unpaired) electrons. The Morgan fingerprint density at radius 1 is 0.408 bits per heavy atom. The Balaban J connectivity index is 1.22. The summed E-state index contributed by atoms with van der Waals surface area (Å²) in [6, 6.07) is 22.2. The van der Waals surface area contributed by atoms with Gasteiger partial charge in [0, 0.05) is 30.3 Å². The lowest BCUT2D eigenvalue weighted by molar-refractivity contribution is -0.138. The van der Waals surface area contributed by atoms with Crippen molar-refractivity contribution in [1.29, 1.82) is 0 Å². The van der Waals surface area contributed by atoms with E-state index in [-0.39, 0.29) is 0 Å². The van der Waals surface area contributed by atoms with Gasteiger partial charge in [0.15, 0.2) is 0 Å². The first-order valence-electron chi connectivity index (χ1n) is 14.6. The normalized spacial score (nSPS) is 12.7. The topological polar surface area (TPSA) is 25.8 Å². The standard InChI is InChI=1S/C36H16F6N2S5/c37-35(38,39)19-5-1-17(2-6-19)23-9-11-25(47-23)33-29-30(44-28-27(43-29)31-21(13-15-45-31)22-14-16-46-32(22)28)34(49-33)26-12-10-24(48-26)18-3-7-20(8-4-18)36(40,41)42/h1-16H. The fourth-order valence-corrected chi connectivity index (χ4v) is 11.1. The van der Waals surface area contributed by atoms with E-state index < -0.39 is 23.5 Å². The molecule has 0 N–H and O–H groups in total. The van der Waals surface area contributed by atoms with E-state index in [1.54, 1.807) is 22.7 Å². The van der Waals surface area contributed by atoms with Crippen molar-refractivity contribution in [1.82, 2.24) is 9.97 Å². The molecule has 0 fully saturated rings. The van der Waals surface area contributed by atoms with Crippen LogP contribution in [0.25, 0.3) is 82.6 Å². The molecule has 0 amide bonds. The van der Waals surface area contributed by atoms with Crippen LogP contribution < -0.4 is 0 Å². The highest BCUT2D eigenvalue weighted by molar-refractivity contribution is 7.29.